The van der Waals surface area contributed by atoms with E-state index in [0.29, 0.717) is 11.3 Å². The molecule has 3 aliphatic rings. The second kappa shape index (κ2) is 9.05. The molecule has 0 amide bonds. The fraction of sp³-hybridized carbons (Fsp3) is 0.467. The summed E-state index contributed by atoms with van der Waals surface area (Å²) in [7, 11) is 0. The minimum atomic E-state index is 0.325. The summed E-state index contributed by atoms with van der Waals surface area (Å²) in [6.07, 6.45) is 8.53. The summed E-state index contributed by atoms with van der Waals surface area (Å²) >= 11 is 0. The van der Waals surface area contributed by atoms with Gasteiger partial charge in [0.05, 0.1) is 0 Å². The molecule has 1 spiro atoms. The van der Waals surface area contributed by atoms with Gasteiger partial charge in [0.15, 0.2) is 0 Å². The van der Waals surface area contributed by atoms with Gasteiger partial charge >= 0.3 is 0 Å². The Hall–Kier alpha value is -2.88. The third-order valence-corrected chi connectivity index (χ3v) is 7.69. The summed E-state index contributed by atoms with van der Waals surface area (Å²) in [4.78, 5) is 7.18. The van der Waals surface area contributed by atoms with Crippen LogP contribution in [0.25, 0.3) is 16.8 Å². The van der Waals surface area contributed by atoms with Crippen molar-refractivity contribution >= 4 is 11.4 Å². The summed E-state index contributed by atoms with van der Waals surface area (Å²) in [5.41, 5.74) is 9.03. The SMILES string of the molecule is CC.Cc1cccc(N2CCC3(C=C(c4c(-c5c(C)cccc5C)noc4C4CC4)C3)CC2)n1. The Morgan fingerprint density at radius 3 is 2.18 bits per heavy atom. The van der Waals surface area contributed by atoms with E-state index >= 15 is 0 Å². The molecule has 1 saturated heterocycles. The van der Waals surface area contributed by atoms with Gasteiger partial charge in [-0.05, 0) is 87.1 Å². The molecule has 0 bridgehead atoms. The molecule has 2 aromatic heterocycles. The lowest BCUT2D eigenvalue weighted by Crippen LogP contribution is -2.42. The first-order valence-corrected chi connectivity index (χ1v) is 13.0. The number of rotatable bonds is 4. The molecule has 2 aliphatic carbocycles. The number of benzene rings is 1. The van der Waals surface area contributed by atoms with Crippen LogP contribution >= 0.6 is 0 Å². The van der Waals surface area contributed by atoms with E-state index in [0.717, 1.165) is 42.5 Å². The van der Waals surface area contributed by atoms with Crippen LogP contribution in [-0.2, 0) is 0 Å². The Morgan fingerprint density at radius 1 is 0.912 bits per heavy atom. The lowest BCUT2D eigenvalue weighted by molar-refractivity contribution is 0.277. The van der Waals surface area contributed by atoms with Crippen LogP contribution in [0, 0.1) is 26.2 Å². The minimum absolute atomic E-state index is 0.325. The van der Waals surface area contributed by atoms with E-state index in [2.05, 4.69) is 73.3 Å². The number of hydrogen-bond acceptors (Lipinski definition) is 4. The molecule has 34 heavy (non-hydrogen) atoms. The molecule has 1 aliphatic heterocycles. The van der Waals surface area contributed by atoms with Gasteiger partial charge in [-0.25, -0.2) is 4.98 Å². The highest BCUT2D eigenvalue weighted by molar-refractivity contribution is 5.86. The predicted molar refractivity (Wildman–Crippen MR) is 140 cm³/mol. The Labute approximate surface area is 204 Å². The molecule has 6 rings (SSSR count). The van der Waals surface area contributed by atoms with Crippen molar-refractivity contribution in [1.82, 2.24) is 10.1 Å². The van der Waals surface area contributed by atoms with Gasteiger partial charge in [-0.1, -0.05) is 49.3 Å². The first-order chi connectivity index (χ1) is 16.5. The summed E-state index contributed by atoms with van der Waals surface area (Å²) in [5, 5.41) is 4.63. The van der Waals surface area contributed by atoms with E-state index in [1.807, 2.05) is 13.8 Å². The van der Waals surface area contributed by atoms with Crippen molar-refractivity contribution in [2.75, 3.05) is 18.0 Å². The number of piperidine rings is 1. The maximum atomic E-state index is 6.00. The number of aryl methyl sites for hydroxylation is 3. The maximum absolute atomic E-state index is 6.00. The lowest BCUT2D eigenvalue weighted by atomic mass is 9.63. The number of hydrogen-bond donors (Lipinski definition) is 0. The van der Waals surface area contributed by atoms with Gasteiger partial charge in [-0.15, -0.1) is 0 Å². The quantitative estimate of drug-likeness (QED) is 0.405. The average Bonchev–Trinajstić information content (AvgIpc) is 3.59. The van der Waals surface area contributed by atoms with Gasteiger partial charge in [0.2, 0.25) is 0 Å². The number of nitrogens with zero attached hydrogens (tertiary/aromatic N) is 3. The summed E-state index contributed by atoms with van der Waals surface area (Å²) < 4.78 is 6.00. The maximum Gasteiger partial charge on any atom is 0.147 e. The number of allylic oxidation sites excluding steroid dienone is 2. The summed E-state index contributed by atoms with van der Waals surface area (Å²) in [6, 6.07) is 12.8. The fourth-order valence-electron chi connectivity index (χ4n) is 5.68. The van der Waals surface area contributed by atoms with Gasteiger partial charge in [0, 0.05) is 35.8 Å². The summed E-state index contributed by atoms with van der Waals surface area (Å²) in [5.74, 6) is 2.81. The van der Waals surface area contributed by atoms with Crippen LogP contribution in [0.15, 0.2) is 47.0 Å². The van der Waals surface area contributed by atoms with Crippen molar-refractivity contribution < 1.29 is 4.52 Å². The highest BCUT2D eigenvalue weighted by atomic mass is 16.5. The highest BCUT2D eigenvalue weighted by Crippen LogP contribution is 2.56. The van der Waals surface area contributed by atoms with Gasteiger partial charge in [0.1, 0.15) is 17.3 Å². The first-order valence-electron chi connectivity index (χ1n) is 13.0. The van der Waals surface area contributed by atoms with Crippen LogP contribution in [0.4, 0.5) is 5.82 Å². The Balaban J connectivity index is 0.00000117. The highest BCUT2D eigenvalue weighted by Gasteiger charge is 2.44. The Bertz CT molecular complexity index is 1190. The van der Waals surface area contributed by atoms with Crippen molar-refractivity contribution in [3.63, 3.8) is 0 Å². The zero-order chi connectivity index (χ0) is 23.9. The molecule has 4 heteroatoms. The minimum Gasteiger partial charge on any atom is -0.360 e. The second-order valence-electron chi connectivity index (χ2n) is 10.1. The molecule has 178 valence electrons. The number of anilines is 1. The molecule has 2 fully saturated rings. The lowest BCUT2D eigenvalue weighted by Gasteiger charge is -2.46. The number of pyridine rings is 1. The van der Waals surface area contributed by atoms with E-state index < -0.39 is 0 Å². The largest absolute Gasteiger partial charge is 0.360 e. The molecular formula is C30H37N3O. The molecule has 1 saturated carbocycles. The zero-order valence-corrected chi connectivity index (χ0v) is 21.3. The third-order valence-electron chi connectivity index (χ3n) is 7.69. The number of aromatic nitrogens is 2. The van der Waals surface area contributed by atoms with Gasteiger partial charge in [-0.3, -0.25) is 0 Å². The van der Waals surface area contributed by atoms with Crippen molar-refractivity contribution in [2.45, 2.75) is 72.6 Å². The average molecular weight is 456 g/mol. The van der Waals surface area contributed by atoms with E-state index in [1.54, 1.807) is 0 Å². The first kappa shape index (κ1) is 22.9. The van der Waals surface area contributed by atoms with Crippen LogP contribution < -0.4 is 4.90 Å². The van der Waals surface area contributed by atoms with E-state index in [4.69, 9.17) is 9.51 Å². The molecule has 4 nitrogen and oxygen atoms in total. The second-order valence-corrected chi connectivity index (χ2v) is 10.1. The van der Waals surface area contributed by atoms with Crippen molar-refractivity contribution in [2.24, 2.45) is 5.41 Å². The van der Waals surface area contributed by atoms with Gasteiger partial charge < -0.3 is 9.42 Å². The Morgan fingerprint density at radius 2 is 1.56 bits per heavy atom. The van der Waals surface area contributed by atoms with E-state index in [1.165, 1.54) is 53.5 Å². The molecule has 0 radical (unpaired) electrons. The molecule has 0 N–H and O–H groups in total. The normalized spacial score (nSPS) is 18.7. The van der Waals surface area contributed by atoms with Crippen LogP contribution in [-0.4, -0.2) is 23.2 Å². The molecule has 3 aromatic rings. The monoisotopic (exact) mass is 455 g/mol. The standard InChI is InChI=1S/C28H31N3O.C2H6/c1-18-6-4-7-19(2)24(18)26-25(27(32-30-26)21-10-11-21)22-16-28(17-22)12-14-31(15-13-28)23-9-5-8-20(3)29-23;1-2/h4-9,16,21H,10-15,17H2,1-3H3;1-2H3. The molecule has 3 heterocycles. The van der Waals surface area contributed by atoms with Crippen LogP contribution in [0.2, 0.25) is 0 Å². The molecule has 0 unspecified atom stereocenters. The zero-order valence-electron chi connectivity index (χ0n) is 21.3. The van der Waals surface area contributed by atoms with Crippen LogP contribution in [0.5, 0.6) is 0 Å². The summed E-state index contributed by atoms with van der Waals surface area (Å²) in [6.45, 7) is 12.6. The third kappa shape index (κ3) is 4.08. The molecular weight excluding hydrogens is 418 g/mol. The fourth-order valence-corrected chi connectivity index (χ4v) is 5.68. The van der Waals surface area contributed by atoms with Crippen molar-refractivity contribution in [3.05, 3.63) is 70.6 Å². The van der Waals surface area contributed by atoms with E-state index in [9.17, 15) is 0 Å². The van der Waals surface area contributed by atoms with Crippen LogP contribution in [0.1, 0.15) is 80.0 Å². The Kier molecular flexibility index (Phi) is 6.09. The topological polar surface area (TPSA) is 42.2 Å². The smallest absolute Gasteiger partial charge is 0.147 e. The predicted octanol–water partition coefficient (Wildman–Crippen LogP) is 7.64. The van der Waals surface area contributed by atoms with Crippen molar-refractivity contribution in [1.29, 1.82) is 0 Å². The molecule has 1 aromatic carbocycles. The van der Waals surface area contributed by atoms with Crippen molar-refractivity contribution in [3.8, 4) is 11.3 Å². The van der Waals surface area contributed by atoms with Gasteiger partial charge in [0.25, 0.3) is 0 Å². The van der Waals surface area contributed by atoms with Crippen LogP contribution in [0.3, 0.4) is 0 Å². The van der Waals surface area contributed by atoms with Gasteiger partial charge in [-0.2, -0.15) is 0 Å². The van der Waals surface area contributed by atoms with E-state index in [-0.39, 0.29) is 0 Å². The molecule has 0 atom stereocenters.